The summed E-state index contributed by atoms with van der Waals surface area (Å²) in [6.07, 6.45) is 0. The van der Waals surface area contributed by atoms with Crippen LogP contribution < -0.4 is 5.73 Å². The van der Waals surface area contributed by atoms with Gasteiger partial charge in [0, 0.05) is 10.0 Å². The third kappa shape index (κ3) is 1.78. The van der Waals surface area contributed by atoms with Crippen molar-refractivity contribution in [3.63, 3.8) is 0 Å². The summed E-state index contributed by atoms with van der Waals surface area (Å²) < 4.78 is 5.04. The zero-order valence-corrected chi connectivity index (χ0v) is 9.89. The molecule has 1 aromatic heterocycles. The Morgan fingerprint density at radius 1 is 1.43 bits per heavy atom. The van der Waals surface area contributed by atoms with Gasteiger partial charge in [0.05, 0.1) is 0 Å². The molecule has 2 aromatic rings. The van der Waals surface area contributed by atoms with Crippen LogP contribution in [0.25, 0.3) is 10.6 Å². The number of benzene rings is 1. The number of halogens is 1. The largest absolute Gasteiger partial charge is 0.367 e. The molecule has 1 heterocycles. The van der Waals surface area contributed by atoms with Crippen LogP contribution in [0.1, 0.15) is 5.56 Å². The molecule has 0 radical (unpaired) electrons. The maximum Gasteiger partial charge on any atom is 0.232 e. The van der Waals surface area contributed by atoms with E-state index in [0.717, 1.165) is 15.0 Å². The van der Waals surface area contributed by atoms with E-state index in [1.165, 1.54) is 17.1 Å². The van der Waals surface area contributed by atoms with Crippen LogP contribution >= 0.6 is 27.5 Å². The fraction of sp³-hybridized carbons (Fsp3) is 0.111. The van der Waals surface area contributed by atoms with Gasteiger partial charge in [-0.3, -0.25) is 0 Å². The van der Waals surface area contributed by atoms with Crippen LogP contribution in [-0.4, -0.2) is 9.36 Å². The highest BCUT2D eigenvalue weighted by Crippen LogP contribution is 2.26. The maximum atomic E-state index is 5.46. The summed E-state index contributed by atoms with van der Waals surface area (Å²) in [6, 6.07) is 6.06. The van der Waals surface area contributed by atoms with Crippen molar-refractivity contribution in [2.45, 2.75) is 6.92 Å². The SMILES string of the molecule is Cc1cc(-c2nc(N)ns2)ccc1Br. The van der Waals surface area contributed by atoms with Crippen LogP contribution in [0.2, 0.25) is 0 Å². The van der Waals surface area contributed by atoms with Crippen molar-refractivity contribution in [1.82, 2.24) is 9.36 Å². The number of nitrogens with two attached hydrogens (primary N) is 1. The molecular formula is C9H8BrN3S. The van der Waals surface area contributed by atoms with E-state index in [4.69, 9.17) is 5.73 Å². The summed E-state index contributed by atoms with van der Waals surface area (Å²) in [5.74, 6) is 0.338. The zero-order valence-electron chi connectivity index (χ0n) is 7.49. The van der Waals surface area contributed by atoms with E-state index in [-0.39, 0.29) is 0 Å². The molecule has 14 heavy (non-hydrogen) atoms. The lowest BCUT2D eigenvalue weighted by Crippen LogP contribution is -1.86. The fourth-order valence-electron chi connectivity index (χ4n) is 1.13. The molecule has 0 aliphatic rings. The normalized spacial score (nSPS) is 10.4. The smallest absolute Gasteiger partial charge is 0.232 e. The number of rotatable bonds is 1. The molecule has 0 amide bonds. The van der Waals surface area contributed by atoms with Crippen molar-refractivity contribution in [1.29, 1.82) is 0 Å². The molecule has 5 heteroatoms. The van der Waals surface area contributed by atoms with Gasteiger partial charge in [0.15, 0.2) is 0 Å². The van der Waals surface area contributed by atoms with Crippen molar-refractivity contribution in [3.8, 4) is 10.6 Å². The number of aryl methyl sites for hydroxylation is 1. The molecule has 0 saturated heterocycles. The average Bonchev–Trinajstić information content (AvgIpc) is 2.57. The van der Waals surface area contributed by atoms with Gasteiger partial charge in [-0.05, 0) is 36.2 Å². The van der Waals surface area contributed by atoms with Crippen LogP contribution in [0.5, 0.6) is 0 Å². The Balaban J connectivity index is 2.47. The minimum Gasteiger partial charge on any atom is -0.367 e. The van der Waals surface area contributed by atoms with Crippen LogP contribution in [0.3, 0.4) is 0 Å². The highest BCUT2D eigenvalue weighted by atomic mass is 79.9. The summed E-state index contributed by atoms with van der Waals surface area (Å²) in [4.78, 5) is 4.12. The van der Waals surface area contributed by atoms with Crippen molar-refractivity contribution < 1.29 is 0 Å². The molecule has 72 valence electrons. The second-order valence-corrected chi connectivity index (χ2v) is 4.53. The van der Waals surface area contributed by atoms with Crippen LogP contribution in [0.15, 0.2) is 22.7 Å². The Morgan fingerprint density at radius 2 is 2.21 bits per heavy atom. The number of nitrogens with zero attached hydrogens (tertiary/aromatic N) is 2. The van der Waals surface area contributed by atoms with E-state index in [0.29, 0.717) is 5.95 Å². The van der Waals surface area contributed by atoms with Gasteiger partial charge < -0.3 is 5.73 Å². The predicted molar refractivity (Wildman–Crippen MR) is 62.2 cm³/mol. The van der Waals surface area contributed by atoms with E-state index >= 15 is 0 Å². The first-order valence-electron chi connectivity index (χ1n) is 4.02. The van der Waals surface area contributed by atoms with E-state index in [1.807, 2.05) is 19.1 Å². The van der Waals surface area contributed by atoms with Gasteiger partial charge in [0.1, 0.15) is 5.01 Å². The Bertz CT molecular complexity index is 467. The summed E-state index contributed by atoms with van der Waals surface area (Å²) in [5.41, 5.74) is 7.70. The molecule has 0 fully saturated rings. The number of aromatic nitrogens is 2. The monoisotopic (exact) mass is 269 g/mol. The van der Waals surface area contributed by atoms with E-state index < -0.39 is 0 Å². The lowest BCUT2D eigenvalue weighted by molar-refractivity contribution is 1.33. The third-order valence-corrected chi connectivity index (χ3v) is 3.51. The topological polar surface area (TPSA) is 51.8 Å². The number of anilines is 1. The molecule has 2 rings (SSSR count). The Hall–Kier alpha value is -0.940. The van der Waals surface area contributed by atoms with E-state index in [9.17, 15) is 0 Å². The number of hydrogen-bond acceptors (Lipinski definition) is 4. The summed E-state index contributed by atoms with van der Waals surface area (Å²) in [5, 5.41) is 0.859. The molecule has 0 aliphatic heterocycles. The second-order valence-electron chi connectivity index (χ2n) is 2.92. The van der Waals surface area contributed by atoms with Crippen molar-refractivity contribution in [2.75, 3.05) is 5.73 Å². The summed E-state index contributed by atoms with van der Waals surface area (Å²) >= 11 is 4.77. The van der Waals surface area contributed by atoms with Gasteiger partial charge in [-0.15, -0.1) is 0 Å². The molecule has 0 unspecified atom stereocenters. The van der Waals surface area contributed by atoms with E-state index in [1.54, 1.807) is 0 Å². The minimum absolute atomic E-state index is 0.338. The Labute approximate surface area is 94.3 Å². The maximum absolute atomic E-state index is 5.46. The molecule has 0 atom stereocenters. The first kappa shape index (κ1) is 9.61. The van der Waals surface area contributed by atoms with Gasteiger partial charge in [-0.2, -0.15) is 9.36 Å². The second kappa shape index (κ2) is 3.67. The number of hydrogen-bond donors (Lipinski definition) is 1. The number of nitrogen functional groups attached to an aromatic ring is 1. The van der Waals surface area contributed by atoms with Crippen LogP contribution in [-0.2, 0) is 0 Å². The van der Waals surface area contributed by atoms with E-state index in [2.05, 4.69) is 31.4 Å². The minimum atomic E-state index is 0.338. The first-order chi connectivity index (χ1) is 6.66. The molecule has 2 N–H and O–H groups in total. The van der Waals surface area contributed by atoms with Gasteiger partial charge in [0.2, 0.25) is 5.95 Å². The summed E-state index contributed by atoms with van der Waals surface area (Å²) in [6.45, 7) is 2.04. The lowest BCUT2D eigenvalue weighted by atomic mass is 10.1. The van der Waals surface area contributed by atoms with Gasteiger partial charge in [-0.1, -0.05) is 22.0 Å². The third-order valence-electron chi connectivity index (χ3n) is 1.85. The molecule has 0 spiro atoms. The van der Waals surface area contributed by atoms with Crippen molar-refractivity contribution >= 4 is 33.4 Å². The Kier molecular flexibility index (Phi) is 2.52. The summed E-state index contributed by atoms with van der Waals surface area (Å²) in [7, 11) is 0. The average molecular weight is 270 g/mol. The van der Waals surface area contributed by atoms with Crippen molar-refractivity contribution in [3.05, 3.63) is 28.2 Å². The Morgan fingerprint density at radius 3 is 2.79 bits per heavy atom. The van der Waals surface area contributed by atoms with Crippen LogP contribution in [0.4, 0.5) is 5.95 Å². The molecule has 1 aromatic carbocycles. The van der Waals surface area contributed by atoms with Crippen LogP contribution in [0, 0.1) is 6.92 Å². The molecule has 0 bridgehead atoms. The first-order valence-corrected chi connectivity index (χ1v) is 5.59. The molecule has 3 nitrogen and oxygen atoms in total. The highest BCUT2D eigenvalue weighted by molar-refractivity contribution is 9.10. The molecule has 0 aliphatic carbocycles. The predicted octanol–water partition coefficient (Wildman–Crippen LogP) is 2.86. The molecular weight excluding hydrogens is 262 g/mol. The van der Waals surface area contributed by atoms with Crippen molar-refractivity contribution in [2.24, 2.45) is 0 Å². The van der Waals surface area contributed by atoms with Gasteiger partial charge >= 0.3 is 0 Å². The highest BCUT2D eigenvalue weighted by Gasteiger charge is 2.05. The lowest BCUT2D eigenvalue weighted by Gasteiger charge is -1.99. The van der Waals surface area contributed by atoms with Gasteiger partial charge in [-0.25, -0.2) is 0 Å². The van der Waals surface area contributed by atoms with Gasteiger partial charge in [0.25, 0.3) is 0 Å². The standard InChI is InChI=1S/C9H8BrN3S/c1-5-4-6(2-3-7(5)10)8-12-9(11)13-14-8/h2-4H,1H3,(H2,11,13). The zero-order chi connectivity index (χ0) is 10.1. The fourth-order valence-corrected chi connectivity index (χ4v) is 1.96. The molecule has 0 saturated carbocycles. The quantitative estimate of drug-likeness (QED) is 0.866.